The molecule has 0 spiro atoms. The molecule has 1 heterocycles. The summed E-state index contributed by atoms with van der Waals surface area (Å²) < 4.78 is 15.0. The van der Waals surface area contributed by atoms with Crippen molar-refractivity contribution < 1.29 is 4.74 Å². The summed E-state index contributed by atoms with van der Waals surface area (Å²) in [6.45, 7) is 0. The Hall–Kier alpha value is -0.170. The second-order valence-corrected chi connectivity index (χ2v) is 5.19. The summed E-state index contributed by atoms with van der Waals surface area (Å²) in [4.78, 5) is 0. The van der Waals surface area contributed by atoms with Gasteiger partial charge in [0.25, 0.3) is 5.88 Å². The first kappa shape index (κ1) is 11.3. The molecule has 0 bridgehead atoms. The Kier molecular flexibility index (Phi) is 3.60. The van der Waals surface area contributed by atoms with E-state index in [-0.39, 0.29) is 5.15 Å². The molecule has 2 rings (SSSR count). The van der Waals surface area contributed by atoms with Gasteiger partial charge in [0.2, 0.25) is 5.15 Å². The van der Waals surface area contributed by atoms with Gasteiger partial charge in [-0.15, -0.1) is 4.37 Å². The van der Waals surface area contributed by atoms with E-state index in [4.69, 9.17) is 16.3 Å². The van der Waals surface area contributed by atoms with Crippen LogP contribution in [0.5, 0.6) is 11.6 Å². The molecule has 3 nitrogen and oxygen atoms in total. The highest BCUT2D eigenvalue weighted by Crippen LogP contribution is 2.33. The number of hydrogen-bond acceptors (Lipinski definition) is 4. The summed E-state index contributed by atoms with van der Waals surface area (Å²) in [5.41, 5.74) is 0. The number of halogens is 3. The van der Waals surface area contributed by atoms with Gasteiger partial charge >= 0.3 is 0 Å². The first-order valence-corrected chi connectivity index (χ1v) is 6.47. The quantitative estimate of drug-likeness (QED) is 0.780. The summed E-state index contributed by atoms with van der Waals surface area (Å²) in [7, 11) is 0. The minimum Gasteiger partial charge on any atom is -0.435 e. The van der Waals surface area contributed by atoms with Crippen molar-refractivity contribution in [3.63, 3.8) is 0 Å². The summed E-state index contributed by atoms with van der Waals surface area (Å²) in [5, 5.41) is 0.273. The van der Waals surface area contributed by atoms with E-state index in [1.807, 2.05) is 18.2 Å². The lowest BCUT2D eigenvalue weighted by Crippen LogP contribution is -1.85. The molecular formula is C8H3Br2ClN2OS. The van der Waals surface area contributed by atoms with Crippen molar-refractivity contribution in [3.8, 4) is 11.6 Å². The maximum absolute atomic E-state index is 5.76. The van der Waals surface area contributed by atoms with Crippen molar-refractivity contribution in [1.29, 1.82) is 0 Å². The Morgan fingerprint density at radius 2 is 2.07 bits per heavy atom. The van der Waals surface area contributed by atoms with Crippen molar-refractivity contribution >= 4 is 55.2 Å². The van der Waals surface area contributed by atoms with Gasteiger partial charge in [0.15, 0.2) is 0 Å². The largest absolute Gasteiger partial charge is 0.435 e. The predicted molar refractivity (Wildman–Crippen MR) is 66.8 cm³/mol. The summed E-state index contributed by atoms with van der Waals surface area (Å²) in [6, 6.07) is 5.56. The maximum Gasteiger partial charge on any atom is 0.270 e. The molecule has 1 aromatic carbocycles. The minimum atomic E-state index is 0.273. The van der Waals surface area contributed by atoms with Gasteiger partial charge in [-0.05, 0) is 34.1 Å². The van der Waals surface area contributed by atoms with Crippen molar-refractivity contribution in [2.24, 2.45) is 0 Å². The average Bonchev–Trinajstić information content (AvgIpc) is 2.57. The van der Waals surface area contributed by atoms with Crippen LogP contribution < -0.4 is 4.74 Å². The normalized spacial score (nSPS) is 10.3. The van der Waals surface area contributed by atoms with Crippen LogP contribution in [0.3, 0.4) is 0 Å². The van der Waals surface area contributed by atoms with Crippen molar-refractivity contribution in [2.45, 2.75) is 0 Å². The van der Waals surface area contributed by atoms with Crippen molar-refractivity contribution in [1.82, 2.24) is 8.75 Å². The third-order valence-electron chi connectivity index (χ3n) is 1.52. The van der Waals surface area contributed by atoms with Crippen LogP contribution in [0.25, 0.3) is 0 Å². The number of rotatable bonds is 2. The van der Waals surface area contributed by atoms with Crippen LogP contribution in [-0.4, -0.2) is 8.75 Å². The molecule has 78 valence electrons. The van der Waals surface area contributed by atoms with Gasteiger partial charge in [-0.2, -0.15) is 4.37 Å². The van der Waals surface area contributed by atoms with E-state index in [0.717, 1.165) is 20.7 Å². The molecule has 15 heavy (non-hydrogen) atoms. The molecule has 0 aliphatic heterocycles. The van der Waals surface area contributed by atoms with E-state index in [1.165, 1.54) is 0 Å². The third kappa shape index (κ3) is 2.69. The van der Waals surface area contributed by atoms with Crippen LogP contribution in [0.1, 0.15) is 0 Å². The summed E-state index contributed by atoms with van der Waals surface area (Å²) in [5.74, 6) is 0.970. The lowest BCUT2D eigenvalue weighted by molar-refractivity contribution is 0.465. The third-order valence-corrected chi connectivity index (χ3v) is 3.49. The fourth-order valence-corrected chi connectivity index (χ4v) is 2.63. The fourth-order valence-electron chi connectivity index (χ4n) is 0.893. The highest BCUT2D eigenvalue weighted by atomic mass is 79.9. The van der Waals surface area contributed by atoms with Crippen LogP contribution >= 0.6 is 55.2 Å². The molecule has 0 fully saturated rings. The molecule has 0 aliphatic rings. The van der Waals surface area contributed by atoms with Crippen molar-refractivity contribution in [3.05, 3.63) is 32.3 Å². The highest BCUT2D eigenvalue weighted by molar-refractivity contribution is 9.11. The molecule has 0 aliphatic carbocycles. The second-order valence-electron chi connectivity index (χ2n) is 2.54. The zero-order valence-corrected chi connectivity index (χ0v) is 11.8. The molecule has 0 amide bonds. The predicted octanol–water partition coefficient (Wildman–Crippen LogP) is 4.51. The van der Waals surface area contributed by atoms with Crippen LogP contribution in [0.4, 0.5) is 0 Å². The van der Waals surface area contributed by atoms with Crippen LogP contribution in [0.2, 0.25) is 5.15 Å². The van der Waals surface area contributed by atoms with E-state index >= 15 is 0 Å². The van der Waals surface area contributed by atoms with E-state index in [2.05, 4.69) is 40.6 Å². The molecule has 1 aromatic heterocycles. The van der Waals surface area contributed by atoms with Gasteiger partial charge < -0.3 is 4.74 Å². The Morgan fingerprint density at radius 3 is 2.67 bits per heavy atom. The zero-order valence-electron chi connectivity index (χ0n) is 7.08. The summed E-state index contributed by atoms with van der Waals surface area (Å²) in [6.07, 6.45) is 0. The van der Waals surface area contributed by atoms with Gasteiger partial charge in [0.1, 0.15) is 5.75 Å². The molecule has 2 aromatic rings. The number of ether oxygens (including phenoxy) is 1. The topological polar surface area (TPSA) is 35.0 Å². The van der Waals surface area contributed by atoms with Gasteiger partial charge in [-0.1, -0.05) is 27.5 Å². The Labute approximate surface area is 112 Å². The Morgan fingerprint density at radius 1 is 1.27 bits per heavy atom. The van der Waals surface area contributed by atoms with E-state index in [0.29, 0.717) is 11.6 Å². The molecule has 0 saturated heterocycles. The van der Waals surface area contributed by atoms with Gasteiger partial charge in [-0.3, -0.25) is 0 Å². The smallest absolute Gasteiger partial charge is 0.270 e. The first-order valence-electron chi connectivity index (χ1n) is 3.78. The standard InChI is InChI=1S/C8H3Br2ClN2OS/c9-4-1-2-6(5(10)3-4)14-8-7(11)12-15-13-8/h1-3H. The number of nitrogens with zero attached hydrogens (tertiary/aromatic N) is 2. The van der Waals surface area contributed by atoms with E-state index in [9.17, 15) is 0 Å². The number of benzene rings is 1. The average molecular weight is 370 g/mol. The molecule has 0 unspecified atom stereocenters. The summed E-state index contributed by atoms with van der Waals surface area (Å²) >= 11 is 13.5. The van der Waals surface area contributed by atoms with Crippen molar-refractivity contribution in [2.75, 3.05) is 0 Å². The Bertz CT molecular complexity index is 491. The maximum atomic E-state index is 5.76. The zero-order chi connectivity index (χ0) is 10.8. The highest BCUT2D eigenvalue weighted by Gasteiger charge is 2.10. The molecule has 0 radical (unpaired) electrons. The minimum absolute atomic E-state index is 0.273. The van der Waals surface area contributed by atoms with Gasteiger partial charge in [0.05, 0.1) is 16.2 Å². The molecule has 7 heteroatoms. The monoisotopic (exact) mass is 368 g/mol. The van der Waals surface area contributed by atoms with Crippen LogP contribution in [0, 0.1) is 0 Å². The Balaban J connectivity index is 2.29. The number of aromatic nitrogens is 2. The molecule has 0 N–H and O–H groups in total. The van der Waals surface area contributed by atoms with E-state index in [1.54, 1.807) is 0 Å². The molecule has 0 saturated carbocycles. The molecule has 0 atom stereocenters. The lowest BCUT2D eigenvalue weighted by atomic mass is 10.3. The van der Waals surface area contributed by atoms with E-state index < -0.39 is 0 Å². The molecular weight excluding hydrogens is 367 g/mol. The van der Waals surface area contributed by atoms with Gasteiger partial charge in [0, 0.05) is 4.47 Å². The fraction of sp³-hybridized carbons (Fsp3) is 0. The SMILES string of the molecule is Clc1nsnc1Oc1ccc(Br)cc1Br. The van der Waals surface area contributed by atoms with Crippen LogP contribution in [0.15, 0.2) is 27.1 Å². The first-order chi connectivity index (χ1) is 7.16. The lowest BCUT2D eigenvalue weighted by Gasteiger charge is -2.04. The van der Waals surface area contributed by atoms with Gasteiger partial charge in [-0.25, -0.2) is 0 Å². The number of hydrogen-bond donors (Lipinski definition) is 0. The van der Waals surface area contributed by atoms with Crippen LogP contribution in [-0.2, 0) is 0 Å². The second kappa shape index (κ2) is 4.78.